The molecule has 0 aliphatic carbocycles. The predicted octanol–water partition coefficient (Wildman–Crippen LogP) is 3.29. The molecule has 0 aliphatic heterocycles. The van der Waals surface area contributed by atoms with Crippen LogP contribution in [-0.4, -0.2) is 12.3 Å². The minimum absolute atomic E-state index is 0.317. The van der Waals surface area contributed by atoms with Crippen molar-refractivity contribution in [1.29, 1.82) is 0 Å². The number of hydrogen-bond acceptors (Lipinski definition) is 3. The number of ether oxygens (including phenoxy) is 1. The molecule has 0 saturated heterocycles. The number of nitrogens with zero attached hydrogens (tertiary/aromatic N) is 1. The highest BCUT2D eigenvalue weighted by Gasteiger charge is 2.04. The molecular formula is C14H13ClN2O. The van der Waals surface area contributed by atoms with Gasteiger partial charge >= 0.3 is 0 Å². The first-order valence-electron chi connectivity index (χ1n) is 5.51. The van der Waals surface area contributed by atoms with E-state index in [0.717, 1.165) is 11.3 Å². The molecule has 92 valence electrons. The molecule has 2 aromatic rings. The summed E-state index contributed by atoms with van der Waals surface area (Å²) in [5.74, 6) is 0.734. The van der Waals surface area contributed by atoms with Crippen LogP contribution < -0.4 is 10.5 Å². The number of rotatable bonds is 4. The number of halogens is 1. The highest BCUT2D eigenvalue weighted by Crippen LogP contribution is 2.14. The lowest BCUT2D eigenvalue weighted by molar-refractivity contribution is 0.377. The molecule has 2 N–H and O–H groups in total. The van der Waals surface area contributed by atoms with Crippen LogP contribution in [0.15, 0.2) is 59.1 Å². The van der Waals surface area contributed by atoms with Crippen LogP contribution in [0.3, 0.4) is 0 Å². The fourth-order valence-corrected chi connectivity index (χ4v) is 1.65. The Morgan fingerprint density at radius 3 is 2.33 bits per heavy atom. The van der Waals surface area contributed by atoms with E-state index in [0.29, 0.717) is 18.0 Å². The third kappa shape index (κ3) is 3.25. The summed E-state index contributed by atoms with van der Waals surface area (Å²) < 4.78 is 9.33. The number of nitrogen functional groups attached to an aromatic ring is 1. The van der Waals surface area contributed by atoms with Crippen LogP contribution in [0.1, 0.15) is 5.56 Å². The quantitative estimate of drug-likeness (QED) is 0.677. The van der Waals surface area contributed by atoms with Crippen molar-refractivity contribution in [1.82, 2.24) is 0 Å². The topological polar surface area (TPSA) is 47.6 Å². The molecule has 0 radical (unpaired) electrons. The first-order chi connectivity index (χ1) is 8.79. The zero-order valence-corrected chi connectivity index (χ0v) is 10.5. The second-order valence-corrected chi connectivity index (χ2v) is 3.92. The SMILES string of the molecule is Nc1ccc(OCC(=NCl)c2ccccc2)cc1. The Morgan fingerprint density at radius 2 is 1.72 bits per heavy atom. The third-order valence-corrected chi connectivity index (χ3v) is 2.67. The molecule has 0 fully saturated rings. The van der Waals surface area contributed by atoms with Crippen LogP contribution in [0.4, 0.5) is 5.69 Å². The molecule has 2 aromatic carbocycles. The Bertz CT molecular complexity index is 523. The first kappa shape index (κ1) is 12.5. The third-order valence-electron chi connectivity index (χ3n) is 2.46. The molecule has 3 nitrogen and oxygen atoms in total. The van der Waals surface area contributed by atoms with Crippen LogP contribution in [0.25, 0.3) is 0 Å². The van der Waals surface area contributed by atoms with Gasteiger partial charge in [-0.3, -0.25) is 0 Å². The van der Waals surface area contributed by atoms with Gasteiger partial charge in [-0.2, -0.15) is 4.51 Å². The summed E-state index contributed by atoms with van der Waals surface area (Å²) in [5.41, 5.74) is 7.94. The minimum atomic E-state index is 0.317. The number of anilines is 1. The molecule has 2 rings (SSSR count). The fraction of sp³-hybridized carbons (Fsp3) is 0.0714. The summed E-state index contributed by atoms with van der Waals surface area (Å²) >= 11 is 5.58. The molecule has 18 heavy (non-hydrogen) atoms. The van der Waals surface area contributed by atoms with E-state index < -0.39 is 0 Å². The Balaban J connectivity index is 2.03. The zero-order valence-electron chi connectivity index (χ0n) is 9.71. The zero-order chi connectivity index (χ0) is 12.8. The van der Waals surface area contributed by atoms with Crippen LogP contribution in [0.5, 0.6) is 5.75 Å². The van der Waals surface area contributed by atoms with Gasteiger partial charge in [0.25, 0.3) is 0 Å². The molecule has 0 saturated carbocycles. The maximum atomic E-state index is 5.60. The molecule has 0 unspecified atom stereocenters. The largest absolute Gasteiger partial charge is 0.487 e. The van der Waals surface area contributed by atoms with E-state index in [-0.39, 0.29) is 0 Å². The first-order valence-corrected chi connectivity index (χ1v) is 5.85. The summed E-state index contributed by atoms with van der Waals surface area (Å²) in [7, 11) is 0. The van der Waals surface area contributed by atoms with Gasteiger partial charge in [-0.1, -0.05) is 30.3 Å². The van der Waals surface area contributed by atoms with E-state index in [1.165, 1.54) is 0 Å². The second-order valence-electron chi connectivity index (χ2n) is 3.75. The van der Waals surface area contributed by atoms with Gasteiger partial charge in [-0.15, -0.1) is 0 Å². The van der Waals surface area contributed by atoms with E-state index >= 15 is 0 Å². The highest BCUT2D eigenvalue weighted by atomic mass is 35.5. The molecule has 0 bridgehead atoms. The molecular weight excluding hydrogens is 248 g/mol. The number of hydrogen-bond donors (Lipinski definition) is 1. The molecule has 0 amide bonds. The normalized spacial score (nSPS) is 11.3. The highest BCUT2D eigenvalue weighted by molar-refractivity contribution is 6.23. The van der Waals surface area contributed by atoms with Gasteiger partial charge in [0.1, 0.15) is 12.4 Å². The average Bonchev–Trinajstić information content (AvgIpc) is 2.43. The van der Waals surface area contributed by atoms with Gasteiger partial charge < -0.3 is 10.5 Å². The standard InChI is InChI=1S/C14H13ClN2O/c15-17-14(11-4-2-1-3-5-11)10-18-13-8-6-12(16)7-9-13/h1-9H,10,16H2. The molecule has 0 spiro atoms. The van der Waals surface area contributed by atoms with E-state index in [1.54, 1.807) is 12.1 Å². The Labute approximate surface area is 111 Å². The maximum absolute atomic E-state index is 5.60. The van der Waals surface area contributed by atoms with Crippen molar-refractivity contribution >= 4 is 23.2 Å². The number of nitrogens with two attached hydrogens (primary N) is 1. The van der Waals surface area contributed by atoms with Gasteiger partial charge in [0.2, 0.25) is 0 Å². The predicted molar refractivity (Wildman–Crippen MR) is 75.2 cm³/mol. The van der Waals surface area contributed by atoms with Crippen molar-refractivity contribution in [3.8, 4) is 5.75 Å². The lowest BCUT2D eigenvalue weighted by Crippen LogP contribution is -2.12. The van der Waals surface area contributed by atoms with Gasteiger partial charge in [-0.05, 0) is 24.3 Å². The van der Waals surface area contributed by atoms with E-state index in [9.17, 15) is 0 Å². The van der Waals surface area contributed by atoms with Crippen molar-refractivity contribution in [2.75, 3.05) is 12.3 Å². The minimum Gasteiger partial charge on any atom is -0.487 e. The summed E-state index contributed by atoms with van der Waals surface area (Å²) in [6, 6.07) is 16.9. The summed E-state index contributed by atoms with van der Waals surface area (Å²) in [5, 5.41) is 0. The molecule has 4 heteroatoms. The molecule has 0 atom stereocenters. The molecule has 0 aliphatic rings. The van der Waals surface area contributed by atoms with Crippen LogP contribution >= 0.6 is 11.8 Å². The van der Waals surface area contributed by atoms with Crippen molar-refractivity contribution in [2.45, 2.75) is 0 Å². The summed E-state index contributed by atoms with van der Waals surface area (Å²) in [6.07, 6.45) is 0. The van der Waals surface area contributed by atoms with E-state index in [2.05, 4.69) is 4.51 Å². The van der Waals surface area contributed by atoms with E-state index in [1.807, 2.05) is 42.5 Å². The lowest BCUT2D eigenvalue weighted by atomic mass is 10.1. The van der Waals surface area contributed by atoms with Gasteiger partial charge in [0.05, 0.1) is 5.71 Å². The van der Waals surface area contributed by atoms with E-state index in [4.69, 9.17) is 22.2 Å². The van der Waals surface area contributed by atoms with Gasteiger partial charge in [0.15, 0.2) is 0 Å². The molecule has 0 heterocycles. The van der Waals surface area contributed by atoms with Crippen molar-refractivity contribution in [3.63, 3.8) is 0 Å². The fourth-order valence-electron chi connectivity index (χ4n) is 1.50. The van der Waals surface area contributed by atoms with Crippen LogP contribution in [-0.2, 0) is 0 Å². The Morgan fingerprint density at radius 1 is 1.06 bits per heavy atom. The monoisotopic (exact) mass is 260 g/mol. The molecule has 0 aromatic heterocycles. The van der Waals surface area contributed by atoms with Gasteiger partial charge in [-0.25, -0.2) is 0 Å². The summed E-state index contributed by atoms with van der Waals surface area (Å²) in [6.45, 7) is 0.317. The van der Waals surface area contributed by atoms with Crippen LogP contribution in [0, 0.1) is 0 Å². The average molecular weight is 261 g/mol. The number of benzene rings is 2. The maximum Gasteiger partial charge on any atom is 0.132 e. The van der Waals surface area contributed by atoms with Crippen LogP contribution in [0.2, 0.25) is 0 Å². The van der Waals surface area contributed by atoms with Crippen molar-refractivity contribution in [2.24, 2.45) is 4.51 Å². The smallest absolute Gasteiger partial charge is 0.132 e. The van der Waals surface area contributed by atoms with Crippen molar-refractivity contribution < 1.29 is 4.74 Å². The second kappa shape index (κ2) is 6.07. The van der Waals surface area contributed by atoms with Gasteiger partial charge in [0, 0.05) is 23.0 Å². The van der Waals surface area contributed by atoms with Crippen molar-refractivity contribution in [3.05, 3.63) is 60.2 Å². The Hall–Kier alpha value is -2.00. The Kier molecular flexibility index (Phi) is 4.20. The lowest BCUT2D eigenvalue weighted by Gasteiger charge is -2.08. The summed E-state index contributed by atoms with van der Waals surface area (Å²) in [4.78, 5) is 0.